The number of carbonyl (C=O) groups is 1. The Morgan fingerprint density at radius 1 is 1.31 bits per heavy atom. The predicted octanol–water partition coefficient (Wildman–Crippen LogP) is 2.58. The molecule has 5 heteroatoms. The van der Waals surface area contributed by atoms with Gasteiger partial charge in [-0.1, -0.05) is 0 Å². The summed E-state index contributed by atoms with van der Waals surface area (Å²) in [5, 5.41) is 0. The minimum absolute atomic E-state index is 0.347. The molecule has 0 atom stereocenters. The van der Waals surface area contributed by atoms with E-state index < -0.39 is 6.67 Å². The molecule has 0 amide bonds. The fraction of sp³-hybridized carbons (Fsp3) is 0.364. The number of benzene rings is 1. The third-order valence-corrected chi connectivity index (χ3v) is 2.97. The number of hydrogen-bond donors (Lipinski definition) is 0. The summed E-state index contributed by atoms with van der Waals surface area (Å²) in [6.07, 6.45) is 0.699. The summed E-state index contributed by atoms with van der Waals surface area (Å²) >= 11 is 1.32. The number of ether oxygens (including phenoxy) is 2. The highest BCUT2D eigenvalue weighted by molar-refractivity contribution is 7.99. The SMILES string of the molecule is COc1cc(SCCF)c(OC)cc1C=O. The second-order valence-electron chi connectivity index (χ2n) is 2.90. The van der Waals surface area contributed by atoms with Crippen LogP contribution in [-0.4, -0.2) is 32.9 Å². The highest BCUT2D eigenvalue weighted by atomic mass is 32.2. The molecule has 0 fully saturated rings. The Labute approximate surface area is 97.9 Å². The first-order valence-corrected chi connectivity index (χ1v) is 5.65. The fourth-order valence-electron chi connectivity index (χ4n) is 1.25. The Morgan fingerprint density at radius 3 is 2.50 bits per heavy atom. The van der Waals surface area contributed by atoms with Gasteiger partial charge in [0.05, 0.1) is 31.4 Å². The van der Waals surface area contributed by atoms with E-state index in [1.165, 1.54) is 26.0 Å². The summed E-state index contributed by atoms with van der Waals surface area (Å²) in [5.74, 6) is 1.37. The van der Waals surface area contributed by atoms with E-state index in [4.69, 9.17) is 9.47 Å². The smallest absolute Gasteiger partial charge is 0.153 e. The van der Waals surface area contributed by atoms with E-state index in [-0.39, 0.29) is 0 Å². The van der Waals surface area contributed by atoms with Gasteiger partial charge in [-0.15, -0.1) is 11.8 Å². The van der Waals surface area contributed by atoms with Crippen LogP contribution in [0, 0.1) is 0 Å². The normalized spacial score (nSPS) is 9.94. The molecule has 0 radical (unpaired) electrons. The zero-order chi connectivity index (χ0) is 12.0. The molecule has 0 N–H and O–H groups in total. The first kappa shape index (κ1) is 12.8. The van der Waals surface area contributed by atoms with E-state index in [0.717, 1.165) is 4.90 Å². The van der Waals surface area contributed by atoms with Crippen molar-refractivity contribution >= 4 is 18.0 Å². The van der Waals surface area contributed by atoms with Gasteiger partial charge in [0.25, 0.3) is 0 Å². The van der Waals surface area contributed by atoms with Crippen LogP contribution in [0.25, 0.3) is 0 Å². The first-order valence-electron chi connectivity index (χ1n) is 4.66. The van der Waals surface area contributed by atoms with Crippen LogP contribution in [-0.2, 0) is 0 Å². The third-order valence-electron chi connectivity index (χ3n) is 1.98. The second kappa shape index (κ2) is 6.37. The minimum Gasteiger partial charge on any atom is -0.496 e. The number of alkyl halides is 1. The van der Waals surface area contributed by atoms with E-state index in [1.54, 1.807) is 12.1 Å². The van der Waals surface area contributed by atoms with Crippen LogP contribution < -0.4 is 9.47 Å². The van der Waals surface area contributed by atoms with Crippen molar-refractivity contribution in [2.24, 2.45) is 0 Å². The van der Waals surface area contributed by atoms with E-state index in [2.05, 4.69) is 0 Å². The van der Waals surface area contributed by atoms with E-state index in [9.17, 15) is 9.18 Å². The molecule has 0 aliphatic heterocycles. The number of aldehydes is 1. The molecule has 0 spiro atoms. The third kappa shape index (κ3) is 2.88. The molecule has 0 aliphatic rings. The molecule has 0 saturated carbocycles. The Kier molecular flexibility index (Phi) is 5.11. The average Bonchev–Trinajstić information content (AvgIpc) is 2.35. The lowest BCUT2D eigenvalue weighted by Gasteiger charge is -2.11. The van der Waals surface area contributed by atoms with Crippen LogP contribution in [0.15, 0.2) is 17.0 Å². The van der Waals surface area contributed by atoms with Crippen molar-refractivity contribution in [3.05, 3.63) is 17.7 Å². The van der Waals surface area contributed by atoms with Gasteiger partial charge in [-0.05, 0) is 12.1 Å². The summed E-state index contributed by atoms with van der Waals surface area (Å²) in [7, 11) is 2.99. The number of carbonyl (C=O) groups excluding carboxylic acids is 1. The Bertz CT molecular complexity index is 368. The van der Waals surface area contributed by atoms with Gasteiger partial charge in [-0.3, -0.25) is 9.18 Å². The van der Waals surface area contributed by atoms with Crippen molar-refractivity contribution in [3.8, 4) is 11.5 Å². The van der Waals surface area contributed by atoms with Crippen LogP contribution in [0.1, 0.15) is 10.4 Å². The van der Waals surface area contributed by atoms with Gasteiger partial charge in [0.2, 0.25) is 0 Å². The molecule has 0 bridgehead atoms. The second-order valence-corrected chi connectivity index (χ2v) is 4.04. The highest BCUT2D eigenvalue weighted by Crippen LogP contribution is 2.34. The lowest BCUT2D eigenvalue weighted by Crippen LogP contribution is -1.95. The molecular weight excluding hydrogens is 231 g/mol. The average molecular weight is 244 g/mol. The molecule has 0 unspecified atom stereocenters. The Hall–Kier alpha value is -1.23. The van der Waals surface area contributed by atoms with E-state index >= 15 is 0 Å². The van der Waals surface area contributed by atoms with Crippen LogP contribution in [0.2, 0.25) is 0 Å². The topological polar surface area (TPSA) is 35.5 Å². The van der Waals surface area contributed by atoms with Crippen molar-refractivity contribution < 1.29 is 18.7 Å². The number of rotatable bonds is 6. The van der Waals surface area contributed by atoms with Gasteiger partial charge in [0.1, 0.15) is 11.5 Å². The van der Waals surface area contributed by atoms with Crippen molar-refractivity contribution in [1.29, 1.82) is 0 Å². The van der Waals surface area contributed by atoms with Gasteiger partial charge < -0.3 is 9.47 Å². The molecule has 1 aromatic rings. The quantitative estimate of drug-likeness (QED) is 0.569. The van der Waals surface area contributed by atoms with Gasteiger partial charge in [0.15, 0.2) is 6.29 Å². The monoisotopic (exact) mass is 244 g/mol. The first-order chi connectivity index (χ1) is 7.76. The van der Waals surface area contributed by atoms with Crippen molar-refractivity contribution in [1.82, 2.24) is 0 Å². The summed E-state index contributed by atoms with van der Waals surface area (Å²) in [4.78, 5) is 11.5. The van der Waals surface area contributed by atoms with E-state index in [1.807, 2.05) is 0 Å². The summed E-state index contributed by atoms with van der Waals surface area (Å²) < 4.78 is 22.3. The molecule has 0 heterocycles. The van der Waals surface area contributed by atoms with Crippen LogP contribution in [0.3, 0.4) is 0 Å². The standard InChI is InChI=1S/C11H13FO3S/c1-14-9-6-11(16-4-3-12)10(15-2)5-8(9)7-13/h5-7H,3-4H2,1-2H3. The molecule has 3 nitrogen and oxygen atoms in total. The number of hydrogen-bond acceptors (Lipinski definition) is 4. The van der Waals surface area contributed by atoms with Gasteiger partial charge >= 0.3 is 0 Å². The van der Waals surface area contributed by atoms with Crippen LogP contribution in [0.4, 0.5) is 4.39 Å². The molecule has 0 aromatic heterocycles. The lowest BCUT2D eigenvalue weighted by molar-refractivity contribution is 0.112. The number of methoxy groups -OCH3 is 2. The largest absolute Gasteiger partial charge is 0.496 e. The van der Waals surface area contributed by atoms with Crippen molar-refractivity contribution in [2.45, 2.75) is 4.90 Å². The number of halogens is 1. The highest BCUT2D eigenvalue weighted by Gasteiger charge is 2.10. The molecular formula is C11H13FO3S. The Morgan fingerprint density at radius 2 is 2.00 bits per heavy atom. The lowest BCUT2D eigenvalue weighted by atomic mass is 10.2. The van der Waals surface area contributed by atoms with Gasteiger partial charge in [-0.25, -0.2) is 0 Å². The van der Waals surface area contributed by atoms with Crippen LogP contribution in [0.5, 0.6) is 11.5 Å². The van der Waals surface area contributed by atoms with E-state index in [0.29, 0.717) is 29.1 Å². The van der Waals surface area contributed by atoms with Crippen LogP contribution >= 0.6 is 11.8 Å². The van der Waals surface area contributed by atoms with Crippen molar-refractivity contribution in [3.63, 3.8) is 0 Å². The predicted molar refractivity (Wildman–Crippen MR) is 61.6 cm³/mol. The maximum Gasteiger partial charge on any atom is 0.153 e. The number of thioether (sulfide) groups is 1. The maximum absolute atomic E-state index is 12.1. The zero-order valence-corrected chi connectivity index (χ0v) is 9.97. The van der Waals surface area contributed by atoms with Crippen molar-refractivity contribution in [2.75, 3.05) is 26.6 Å². The zero-order valence-electron chi connectivity index (χ0n) is 9.16. The van der Waals surface area contributed by atoms with Gasteiger partial charge in [0, 0.05) is 5.75 Å². The molecule has 0 aliphatic carbocycles. The molecule has 88 valence electrons. The molecule has 1 aromatic carbocycles. The maximum atomic E-state index is 12.1. The molecule has 1 rings (SSSR count). The molecule has 16 heavy (non-hydrogen) atoms. The fourth-order valence-corrected chi connectivity index (χ4v) is 2.02. The summed E-state index contributed by atoms with van der Waals surface area (Å²) in [5.41, 5.74) is 0.420. The summed E-state index contributed by atoms with van der Waals surface area (Å²) in [6, 6.07) is 3.27. The summed E-state index contributed by atoms with van der Waals surface area (Å²) in [6.45, 7) is -0.411. The van der Waals surface area contributed by atoms with Gasteiger partial charge in [-0.2, -0.15) is 0 Å². The minimum atomic E-state index is -0.411. The Balaban J connectivity index is 3.09. The molecule has 0 saturated heterocycles.